The number of hydrogen-bond acceptors (Lipinski definition) is 3. The second-order valence-electron chi connectivity index (χ2n) is 4.22. The SMILES string of the molecule is Nc1n[nH]c(-c2ccc(F)c(Cl)c2)c1-c1ccncc1. The van der Waals surface area contributed by atoms with Gasteiger partial charge in [0.05, 0.1) is 16.3 Å². The summed E-state index contributed by atoms with van der Waals surface area (Å²) in [6.45, 7) is 0. The summed E-state index contributed by atoms with van der Waals surface area (Å²) in [7, 11) is 0. The van der Waals surface area contributed by atoms with Crippen LogP contribution in [0.1, 0.15) is 0 Å². The maximum Gasteiger partial charge on any atom is 0.153 e. The highest BCUT2D eigenvalue weighted by molar-refractivity contribution is 6.31. The van der Waals surface area contributed by atoms with E-state index >= 15 is 0 Å². The number of aromatic amines is 1. The van der Waals surface area contributed by atoms with E-state index in [9.17, 15) is 4.39 Å². The fourth-order valence-electron chi connectivity index (χ4n) is 2.03. The number of nitrogens with zero attached hydrogens (tertiary/aromatic N) is 2. The topological polar surface area (TPSA) is 67.6 Å². The molecule has 3 aromatic rings. The highest BCUT2D eigenvalue weighted by atomic mass is 35.5. The smallest absolute Gasteiger partial charge is 0.153 e. The van der Waals surface area contributed by atoms with Crippen molar-refractivity contribution in [2.24, 2.45) is 0 Å². The van der Waals surface area contributed by atoms with Crippen molar-refractivity contribution in [2.75, 3.05) is 5.73 Å². The molecule has 6 heteroatoms. The van der Waals surface area contributed by atoms with E-state index in [4.69, 9.17) is 17.3 Å². The highest BCUT2D eigenvalue weighted by Crippen LogP contribution is 2.35. The molecule has 2 heterocycles. The van der Waals surface area contributed by atoms with Gasteiger partial charge >= 0.3 is 0 Å². The van der Waals surface area contributed by atoms with Gasteiger partial charge in [0.15, 0.2) is 5.82 Å². The number of nitrogen functional groups attached to an aromatic ring is 1. The Hall–Kier alpha value is -2.40. The molecular weight excluding hydrogens is 279 g/mol. The molecule has 1 aromatic carbocycles. The van der Waals surface area contributed by atoms with Gasteiger partial charge in [-0.05, 0) is 35.9 Å². The highest BCUT2D eigenvalue weighted by Gasteiger charge is 2.15. The third kappa shape index (κ3) is 2.12. The van der Waals surface area contributed by atoms with Crippen LogP contribution in [0, 0.1) is 5.82 Å². The molecule has 3 N–H and O–H groups in total. The number of halogens is 2. The van der Waals surface area contributed by atoms with Crippen LogP contribution in [0.4, 0.5) is 10.2 Å². The minimum absolute atomic E-state index is 0.0522. The number of hydrogen-bond donors (Lipinski definition) is 2. The van der Waals surface area contributed by atoms with E-state index in [0.29, 0.717) is 17.1 Å². The van der Waals surface area contributed by atoms with Gasteiger partial charge in [-0.1, -0.05) is 11.6 Å². The Labute approximate surface area is 119 Å². The van der Waals surface area contributed by atoms with Gasteiger partial charge < -0.3 is 5.73 Å². The zero-order valence-electron chi connectivity index (χ0n) is 10.3. The normalized spacial score (nSPS) is 10.7. The van der Waals surface area contributed by atoms with Crippen molar-refractivity contribution < 1.29 is 4.39 Å². The first-order chi connectivity index (χ1) is 9.66. The molecule has 0 radical (unpaired) electrons. The van der Waals surface area contributed by atoms with Gasteiger partial charge in [-0.2, -0.15) is 5.10 Å². The number of nitrogens with two attached hydrogens (primary N) is 1. The summed E-state index contributed by atoms with van der Waals surface area (Å²) in [6, 6.07) is 8.13. The van der Waals surface area contributed by atoms with Gasteiger partial charge in [-0.15, -0.1) is 0 Å². The molecule has 100 valence electrons. The molecule has 0 saturated carbocycles. The van der Waals surface area contributed by atoms with E-state index < -0.39 is 5.82 Å². The average molecular weight is 289 g/mol. The summed E-state index contributed by atoms with van der Waals surface area (Å²) in [5.74, 6) is -0.0972. The molecular formula is C14H10ClFN4. The van der Waals surface area contributed by atoms with Gasteiger partial charge in [-0.25, -0.2) is 4.39 Å². The number of rotatable bonds is 2. The van der Waals surface area contributed by atoms with Crippen LogP contribution in [0.5, 0.6) is 0 Å². The second-order valence-corrected chi connectivity index (χ2v) is 4.63. The molecule has 20 heavy (non-hydrogen) atoms. The maximum atomic E-state index is 13.3. The van der Waals surface area contributed by atoms with Crippen LogP contribution in [0.2, 0.25) is 5.02 Å². The third-order valence-corrected chi connectivity index (χ3v) is 3.26. The fraction of sp³-hybridized carbons (Fsp3) is 0. The lowest BCUT2D eigenvalue weighted by Crippen LogP contribution is -1.89. The molecule has 0 aliphatic heterocycles. The molecule has 0 unspecified atom stereocenters. The maximum absolute atomic E-state index is 13.3. The van der Waals surface area contributed by atoms with Gasteiger partial charge in [0, 0.05) is 18.0 Å². The molecule has 2 aromatic heterocycles. The average Bonchev–Trinajstić information content (AvgIpc) is 2.85. The van der Waals surface area contributed by atoms with Gasteiger partial charge in [0.1, 0.15) is 5.82 Å². The lowest BCUT2D eigenvalue weighted by atomic mass is 10.0. The first kappa shape index (κ1) is 12.6. The number of nitrogens with one attached hydrogen (secondary N) is 1. The van der Waals surface area contributed by atoms with E-state index in [1.54, 1.807) is 18.5 Å². The summed E-state index contributed by atoms with van der Waals surface area (Å²) in [5.41, 5.74) is 8.94. The zero-order valence-corrected chi connectivity index (χ0v) is 11.0. The fourth-order valence-corrected chi connectivity index (χ4v) is 2.21. The Balaban J connectivity index is 2.18. The van der Waals surface area contributed by atoms with E-state index in [1.165, 1.54) is 12.1 Å². The van der Waals surface area contributed by atoms with Crippen molar-refractivity contribution in [3.63, 3.8) is 0 Å². The minimum Gasteiger partial charge on any atom is -0.382 e. The Bertz CT molecular complexity index is 755. The van der Waals surface area contributed by atoms with Crippen molar-refractivity contribution in [2.45, 2.75) is 0 Å². The van der Waals surface area contributed by atoms with Crippen molar-refractivity contribution >= 4 is 17.4 Å². The van der Waals surface area contributed by atoms with Crippen LogP contribution in [-0.2, 0) is 0 Å². The van der Waals surface area contributed by atoms with Gasteiger partial charge in [0.2, 0.25) is 0 Å². The Kier molecular flexibility index (Phi) is 3.12. The lowest BCUT2D eigenvalue weighted by Gasteiger charge is -2.05. The molecule has 0 aliphatic carbocycles. The lowest BCUT2D eigenvalue weighted by molar-refractivity contribution is 0.628. The molecule has 0 saturated heterocycles. The van der Waals surface area contributed by atoms with Crippen LogP contribution in [-0.4, -0.2) is 15.2 Å². The molecule has 4 nitrogen and oxygen atoms in total. The van der Waals surface area contributed by atoms with Crippen LogP contribution in [0.3, 0.4) is 0 Å². The summed E-state index contributed by atoms with van der Waals surface area (Å²) < 4.78 is 13.3. The van der Waals surface area contributed by atoms with Crippen molar-refractivity contribution in [1.29, 1.82) is 0 Å². The molecule has 0 amide bonds. The number of benzene rings is 1. The van der Waals surface area contributed by atoms with Crippen LogP contribution >= 0.6 is 11.6 Å². The number of aromatic nitrogens is 3. The second kappa shape index (κ2) is 4.94. The first-order valence-electron chi connectivity index (χ1n) is 5.86. The number of anilines is 1. The summed E-state index contributed by atoms with van der Waals surface area (Å²) in [5, 5.41) is 6.93. The third-order valence-electron chi connectivity index (χ3n) is 2.97. The summed E-state index contributed by atoms with van der Waals surface area (Å²) >= 11 is 5.82. The molecule has 0 bridgehead atoms. The molecule has 3 rings (SSSR count). The van der Waals surface area contributed by atoms with E-state index in [1.807, 2.05) is 12.1 Å². The summed E-state index contributed by atoms with van der Waals surface area (Å²) in [6.07, 6.45) is 3.34. The predicted octanol–water partition coefficient (Wildman–Crippen LogP) is 3.51. The van der Waals surface area contributed by atoms with Gasteiger partial charge in [-0.3, -0.25) is 10.1 Å². The largest absolute Gasteiger partial charge is 0.382 e. The molecule has 0 fully saturated rings. The monoisotopic (exact) mass is 288 g/mol. The summed E-state index contributed by atoms with van der Waals surface area (Å²) in [4.78, 5) is 3.97. The molecule has 0 atom stereocenters. The number of pyridine rings is 1. The van der Waals surface area contributed by atoms with Crippen LogP contribution in [0.15, 0.2) is 42.7 Å². The molecule has 0 spiro atoms. The predicted molar refractivity (Wildman–Crippen MR) is 76.6 cm³/mol. The molecule has 0 aliphatic rings. The number of H-pyrrole nitrogens is 1. The Morgan fingerprint density at radius 2 is 1.85 bits per heavy atom. The standard InChI is InChI=1S/C14H10ClFN4/c15-10-7-9(1-2-11(10)16)13-12(14(17)20-19-13)8-3-5-18-6-4-8/h1-7H,(H3,17,19,20). The van der Waals surface area contributed by atoms with Crippen LogP contribution in [0.25, 0.3) is 22.4 Å². The van der Waals surface area contributed by atoms with E-state index in [2.05, 4.69) is 15.2 Å². The van der Waals surface area contributed by atoms with Crippen molar-refractivity contribution in [3.8, 4) is 22.4 Å². The van der Waals surface area contributed by atoms with Gasteiger partial charge in [0.25, 0.3) is 0 Å². The Morgan fingerprint density at radius 3 is 2.55 bits per heavy atom. The minimum atomic E-state index is -0.464. The van der Waals surface area contributed by atoms with Crippen molar-refractivity contribution in [1.82, 2.24) is 15.2 Å². The quantitative estimate of drug-likeness (QED) is 0.758. The van der Waals surface area contributed by atoms with E-state index in [0.717, 1.165) is 11.1 Å². The van der Waals surface area contributed by atoms with Crippen molar-refractivity contribution in [3.05, 3.63) is 53.6 Å². The Morgan fingerprint density at radius 1 is 1.10 bits per heavy atom. The van der Waals surface area contributed by atoms with E-state index in [-0.39, 0.29) is 5.02 Å². The first-order valence-corrected chi connectivity index (χ1v) is 6.24. The van der Waals surface area contributed by atoms with Crippen LogP contribution < -0.4 is 5.73 Å². The zero-order chi connectivity index (χ0) is 14.1.